The largest absolute Gasteiger partial charge is 0.303 e. The van der Waals surface area contributed by atoms with Gasteiger partial charge in [0.05, 0.1) is 0 Å². The third-order valence-electron chi connectivity index (χ3n) is 4.55. The minimum absolute atomic E-state index is 0.239. The van der Waals surface area contributed by atoms with Crippen LogP contribution in [0, 0.1) is 16.7 Å². The summed E-state index contributed by atoms with van der Waals surface area (Å²) in [5.41, 5.74) is 0.930. The molecule has 1 saturated carbocycles. The number of rotatable bonds is 4. The van der Waals surface area contributed by atoms with E-state index in [4.69, 9.17) is 0 Å². The molecule has 1 heteroatoms. The van der Waals surface area contributed by atoms with Crippen LogP contribution in [0.2, 0.25) is 0 Å². The molecule has 0 aliphatic heterocycles. The highest BCUT2D eigenvalue weighted by Crippen LogP contribution is 2.55. The zero-order valence-corrected chi connectivity index (χ0v) is 10.1. The Balaban J connectivity index is 2.53. The molecule has 0 aromatic heterocycles. The fourth-order valence-corrected chi connectivity index (χ4v) is 2.64. The molecule has 0 amide bonds. The molecule has 0 heterocycles. The van der Waals surface area contributed by atoms with Crippen molar-refractivity contribution in [3.8, 4) is 0 Å². The Morgan fingerprint density at radius 3 is 2.36 bits per heavy atom. The predicted octanol–water partition coefficient (Wildman–Crippen LogP) is 3.82. The Hall–Kier alpha value is -0.330. The van der Waals surface area contributed by atoms with Crippen LogP contribution in [-0.4, -0.2) is 6.29 Å². The van der Waals surface area contributed by atoms with E-state index in [1.54, 1.807) is 0 Å². The maximum atomic E-state index is 10.6. The molecule has 82 valence electrons. The molecule has 1 nitrogen and oxygen atoms in total. The van der Waals surface area contributed by atoms with Gasteiger partial charge in [-0.3, -0.25) is 0 Å². The van der Waals surface area contributed by atoms with Crippen LogP contribution in [0.15, 0.2) is 0 Å². The summed E-state index contributed by atoms with van der Waals surface area (Å²) in [6, 6.07) is 0. The van der Waals surface area contributed by atoms with Crippen LogP contribution in [0.4, 0.5) is 0 Å². The molecule has 14 heavy (non-hydrogen) atoms. The lowest BCUT2D eigenvalue weighted by atomic mass is 9.66. The van der Waals surface area contributed by atoms with Gasteiger partial charge in [0.1, 0.15) is 6.29 Å². The van der Waals surface area contributed by atoms with Gasteiger partial charge < -0.3 is 4.79 Å². The summed E-state index contributed by atoms with van der Waals surface area (Å²) in [5.74, 6) is 0.239. The van der Waals surface area contributed by atoms with E-state index >= 15 is 0 Å². The van der Waals surface area contributed by atoms with Crippen molar-refractivity contribution in [1.29, 1.82) is 0 Å². The summed E-state index contributed by atoms with van der Waals surface area (Å²) in [6.45, 7) is 9.19. The predicted molar refractivity (Wildman–Crippen MR) is 60.2 cm³/mol. The SMILES string of the molecule is CC(C=O)CCC1(C)CCCC1(C)C. The van der Waals surface area contributed by atoms with Crippen LogP contribution < -0.4 is 0 Å². The zero-order valence-electron chi connectivity index (χ0n) is 10.1. The third-order valence-corrected chi connectivity index (χ3v) is 4.55. The maximum Gasteiger partial charge on any atom is 0.122 e. The fraction of sp³-hybridized carbons (Fsp3) is 0.923. The van der Waals surface area contributed by atoms with E-state index in [9.17, 15) is 4.79 Å². The van der Waals surface area contributed by atoms with Gasteiger partial charge in [0, 0.05) is 5.92 Å². The number of aldehydes is 1. The highest BCUT2D eigenvalue weighted by atomic mass is 16.1. The van der Waals surface area contributed by atoms with Crippen LogP contribution in [0.25, 0.3) is 0 Å². The first kappa shape index (κ1) is 11.7. The second kappa shape index (κ2) is 4.04. The summed E-state index contributed by atoms with van der Waals surface area (Å²) in [7, 11) is 0. The van der Waals surface area contributed by atoms with E-state index in [2.05, 4.69) is 20.8 Å². The van der Waals surface area contributed by atoms with E-state index < -0.39 is 0 Å². The Kier molecular flexibility index (Phi) is 3.39. The molecule has 0 N–H and O–H groups in total. The molecule has 2 unspecified atom stereocenters. The molecule has 0 aromatic rings. The minimum Gasteiger partial charge on any atom is -0.303 e. The Morgan fingerprint density at radius 1 is 1.29 bits per heavy atom. The van der Waals surface area contributed by atoms with Crippen LogP contribution >= 0.6 is 0 Å². The van der Waals surface area contributed by atoms with Crippen molar-refractivity contribution in [1.82, 2.24) is 0 Å². The van der Waals surface area contributed by atoms with E-state index in [1.165, 1.54) is 25.7 Å². The number of hydrogen-bond acceptors (Lipinski definition) is 1. The maximum absolute atomic E-state index is 10.6. The highest BCUT2D eigenvalue weighted by molar-refractivity contribution is 5.52. The summed E-state index contributed by atoms with van der Waals surface area (Å²) in [4.78, 5) is 10.6. The minimum atomic E-state index is 0.239. The molecule has 0 spiro atoms. The lowest BCUT2D eigenvalue weighted by Gasteiger charge is -2.39. The first-order valence-corrected chi connectivity index (χ1v) is 5.87. The summed E-state index contributed by atoms with van der Waals surface area (Å²) < 4.78 is 0. The van der Waals surface area contributed by atoms with Gasteiger partial charge >= 0.3 is 0 Å². The molecule has 0 bridgehead atoms. The van der Waals surface area contributed by atoms with Crippen molar-refractivity contribution in [3.63, 3.8) is 0 Å². The highest BCUT2D eigenvalue weighted by Gasteiger charge is 2.44. The van der Waals surface area contributed by atoms with Crippen molar-refractivity contribution >= 4 is 6.29 Å². The van der Waals surface area contributed by atoms with Gasteiger partial charge in [-0.05, 0) is 36.5 Å². The molecule has 0 aromatic carbocycles. The molecule has 0 saturated heterocycles. The summed E-state index contributed by atoms with van der Waals surface area (Å²) in [6.07, 6.45) is 7.40. The quantitative estimate of drug-likeness (QED) is 0.625. The van der Waals surface area contributed by atoms with Gasteiger partial charge in [-0.1, -0.05) is 34.1 Å². The van der Waals surface area contributed by atoms with Crippen LogP contribution in [0.3, 0.4) is 0 Å². The molecule has 0 radical (unpaired) electrons. The lowest BCUT2D eigenvalue weighted by molar-refractivity contribution is -0.111. The molecular weight excluding hydrogens is 172 g/mol. The van der Waals surface area contributed by atoms with E-state index in [0.717, 1.165) is 12.7 Å². The second-order valence-electron chi connectivity index (χ2n) is 5.95. The topological polar surface area (TPSA) is 17.1 Å². The van der Waals surface area contributed by atoms with Crippen LogP contribution in [-0.2, 0) is 4.79 Å². The van der Waals surface area contributed by atoms with Crippen molar-refractivity contribution in [2.24, 2.45) is 16.7 Å². The molecule has 1 rings (SSSR count). The van der Waals surface area contributed by atoms with Crippen molar-refractivity contribution in [3.05, 3.63) is 0 Å². The van der Waals surface area contributed by atoms with Gasteiger partial charge in [0.25, 0.3) is 0 Å². The molecule has 2 atom stereocenters. The Morgan fingerprint density at radius 2 is 1.93 bits per heavy atom. The fourth-order valence-electron chi connectivity index (χ4n) is 2.64. The van der Waals surface area contributed by atoms with E-state index in [1.807, 2.05) is 6.92 Å². The Labute approximate surface area is 88.3 Å². The van der Waals surface area contributed by atoms with Crippen LogP contribution in [0.1, 0.15) is 59.8 Å². The molecule has 1 aliphatic carbocycles. The molecule has 1 aliphatic rings. The van der Waals surface area contributed by atoms with Gasteiger partial charge in [-0.15, -0.1) is 0 Å². The van der Waals surface area contributed by atoms with Crippen molar-refractivity contribution < 1.29 is 4.79 Å². The van der Waals surface area contributed by atoms with E-state index in [0.29, 0.717) is 10.8 Å². The van der Waals surface area contributed by atoms with Gasteiger partial charge in [-0.25, -0.2) is 0 Å². The second-order valence-corrected chi connectivity index (χ2v) is 5.95. The lowest BCUT2D eigenvalue weighted by Crippen LogP contribution is -2.30. The van der Waals surface area contributed by atoms with Gasteiger partial charge in [0.2, 0.25) is 0 Å². The van der Waals surface area contributed by atoms with Gasteiger partial charge in [0.15, 0.2) is 0 Å². The average molecular weight is 196 g/mol. The summed E-state index contributed by atoms with van der Waals surface area (Å²) in [5, 5.41) is 0. The summed E-state index contributed by atoms with van der Waals surface area (Å²) >= 11 is 0. The van der Waals surface area contributed by atoms with Gasteiger partial charge in [-0.2, -0.15) is 0 Å². The Bertz CT molecular complexity index is 207. The smallest absolute Gasteiger partial charge is 0.122 e. The molecule has 1 fully saturated rings. The van der Waals surface area contributed by atoms with E-state index in [-0.39, 0.29) is 5.92 Å². The zero-order chi connectivity index (χ0) is 10.8. The number of carbonyl (C=O) groups is 1. The normalized spacial score (nSPS) is 32.9. The van der Waals surface area contributed by atoms with Crippen LogP contribution in [0.5, 0.6) is 0 Å². The first-order valence-electron chi connectivity index (χ1n) is 5.87. The van der Waals surface area contributed by atoms with Crippen molar-refractivity contribution in [2.45, 2.75) is 59.8 Å². The number of hydrogen-bond donors (Lipinski definition) is 0. The first-order chi connectivity index (χ1) is 6.41. The van der Waals surface area contributed by atoms with Crippen molar-refractivity contribution in [2.75, 3.05) is 0 Å². The molecular formula is C13H24O. The standard InChI is InChI=1S/C13H24O/c1-11(10-14)6-9-13(4)8-5-7-12(13,2)3/h10-11H,5-9H2,1-4H3. The average Bonchev–Trinajstić information content (AvgIpc) is 2.38. The monoisotopic (exact) mass is 196 g/mol. The third kappa shape index (κ3) is 2.18. The number of carbonyl (C=O) groups excluding carboxylic acids is 1.